The lowest BCUT2D eigenvalue weighted by atomic mass is 10.2. The van der Waals surface area contributed by atoms with Gasteiger partial charge in [0.15, 0.2) is 6.29 Å². The second-order valence-corrected chi connectivity index (χ2v) is 4.41. The Balaban J connectivity index is 3.09. The smallest absolute Gasteiger partial charge is 0.178 e. The molecule has 0 aromatic carbocycles. The first-order chi connectivity index (χ1) is 9.81. The monoisotopic (exact) mass is 294 g/mol. The highest BCUT2D eigenvalue weighted by Crippen LogP contribution is 2.00. The Morgan fingerprint density at radius 1 is 0.800 bits per heavy atom. The van der Waals surface area contributed by atoms with Crippen molar-refractivity contribution in [2.75, 3.05) is 52.9 Å². The van der Waals surface area contributed by atoms with Crippen molar-refractivity contribution in [1.29, 1.82) is 0 Å². The van der Waals surface area contributed by atoms with Gasteiger partial charge in [0.2, 0.25) is 0 Å². The number of aliphatic hydroxyl groups excluding tert-OH is 2. The topological polar surface area (TPSA) is 77.4 Å². The Labute approximate surface area is 122 Å². The minimum Gasteiger partial charge on any atom is -0.394 e. The summed E-state index contributed by atoms with van der Waals surface area (Å²) in [4.78, 5) is 0. The summed E-state index contributed by atoms with van der Waals surface area (Å²) >= 11 is 0. The predicted octanol–water partition coefficient (Wildman–Crippen LogP) is 0.944. The minimum absolute atomic E-state index is 0.0272. The summed E-state index contributed by atoms with van der Waals surface area (Å²) in [6, 6.07) is 0. The van der Waals surface area contributed by atoms with Crippen LogP contribution in [0.4, 0.5) is 0 Å². The van der Waals surface area contributed by atoms with Crippen molar-refractivity contribution in [3.05, 3.63) is 0 Å². The molecule has 20 heavy (non-hydrogen) atoms. The Bertz CT molecular complexity index is 179. The van der Waals surface area contributed by atoms with Gasteiger partial charge in [-0.25, -0.2) is 0 Å². The molecule has 0 heterocycles. The van der Waals surface area contributed by atoms with E-state index in [0.717, 1.165) is 12.8 Å². The fourth-order valence-corrected chi connectivity index (χ4v) is 1.48. The molecule has 1 unspecified atom stereocenters. The highest BCUT2D eigenvalue weighted by Gasteiger charge is 2.03. The van der Waals surface area contributed by atoms with Gasteiger partial charge in [0.05, 0.1) is 46.2 Å². The van der Waals surface area contributed by atoms with E-state index in [1.807, 2.05) is 0 Å². The van der Waals surface area contributed by atoms with Gasteiger partial charge in [-0.3, -0.25) is 0 Å². The summed E-state index contributed by atoms with van der Waals surface area (Å²) in [5, 5.41) is 17.9. The molecule has 0 radical (unpaired) electrons. The Morgan fingerprint density at radius 2 is 1.45 bits per heavy atom. The van der Waals surface area contributed by atoms with Crippen LogP contribution in [0, 0.1) is 0 Å². The molecule has 0 saturated carbocycles. The van der Waals surface area contributed by atoms with E-state index in [9.17, 15) is 5.11 Å². The number of aliphatic hydroxyl groups is 2. The first-order valence-corrected chi connectivity index (χ1v) is 7.45. The van der Waals surface area contributed by atoms with Gasteiger partial charge < -0.3 is 29.2 Å². The number of rotatable bonds is 16. The molecule has 122 valence electrons. The van der Waals surface area contributed by atoms with Crippen LogP contribution in [0.15, 0.2) is 0 Å². The largest absolute Gasteiger partial charge is 0.394 e. The molecule has 2 N–H and O–H groups in total. The maximum Gasteiger partial charge on any atom is 0.178 e. The zero-order chi connectivity index (χ0) is 14.9. The van der Waals surface area contributed by atoms with Crippen molar-refractivity contribution in [3.8, 4) is 0 Å². The van der Waals surface area contributed by atoms with E-state index in [-0.39, 0.29) is 13.2 Å². The van der Waals surface area contributed by atoms with E-state index in [1.54, 1.807) is 0 Å². The summed E-state index contributed by atoms with van der Waals surface area (Å²) in [6.45, 7) is 5.05. The van der Waals surface area contributed by atoms with Crippen LogP contribution < -0.4 is 0 Å². The number of hydrogen-bond acceptors (Lipinski definition) is 6. The van der Waals surface area contributed by atoms with Crippen LogP contribution in [-0.4, -0.2) is 69.4 Å². The molecule has 6 heteroatoms. The van der Waals surface area contributed by atoms with Crippen LogP contribution in [0.3, 0.4) is 0 Å². The van der Waals surface area contributed by atoms with Crippen molar-refractivity contribution in [1.82, 2.24) is 0 Å². The highest BCUT2D eigenvalue weighted by atomic mass is 16.6. The van der Waals surface area contributed by atoms with Crippen LogP contribution in [-0.2, 0) is 18.9 Å². The van der Waals surface area contributed by atoms with Crippen molar-refractivity contribution in [3.63, 3.8) is 0 Å². The average Bonchev–Trinajstić information content (AvgIpc) is 2.45. The lowest BCUT2D eigenvalue weighted by Gasteiger charge is -2.12. The molecule has 6 nitrogen and oxygen atoms in total. The van der Waals surface area contributed by atoms with Crippen molar-refractivity contribution in [2.24, 2.45) is 0 Å². The number of hydrogen-bond donors (Lipinski definition) is 2. The van der Waals surface area contributed by atoms with Gasteiger partial charge in [-0.1, -0.05) is 26.2 Å². The Morgan fingerprint density at radius 3 is 2.10 bits per heavy atom. The molecule has 0 amide bonds. The summed E-state index contributed by atoms with van der Waals surface area (Å²) < 4.78 is 20.7. The zero-order valence-electron chi connectivity index (χ0n) is 12.6. The fourth-order valence-electron chi connectivity index (χ4n) is 1.48. The maximum absolute atomic E-state index is 9.47. The summed E-state index contributed by atoms with van der Waals surface area (Å²) in [5.41, 5.74) is 0. The van der Waals surface area contributed by atoms with E-state index >= 15 is 0 Å². The standard InChI is InChI=1S/C14H30O6/c1-2-3-4-5-7-20-14(16)13-19-12-11-18-10-9-17-8-6-15/h14-16H,2-13H2,1H3. The van der Waals surface area contributed by atoms with E-state index < -0.39 is 6.29 Å². The third-order valence-electron chi connectivity index (χ3n) is 2.55. The van der Waals surface area contributed by atoms with E-state index in [1.165, 1.54) is 12.8 Å². The Hall–Kier alpha value is -0.240. The van der Waals surface area contributed by atoms with Gasteiger partial charge in [-0.2, -0.15) is 0 Å². The lowest BCUT2D eigenvalue weighted by Crippen LogP contribution is -2.21. The first kappa shape index (κ1) is 19.8. The van der Waals surface area contributed by atoms with Gasteiger partial charge in [-0.05, 0) is 6.42 Å². The second-order valence-electron chi connectivity index (χ2n) is 4.41. The third kappa shape index (κ3) is 15.8. The van der Waals surface area contributed by atoms with Gasteiger partial charge >= 0.3 is 0 Å². The average molecular weight is 294 g/mol. The van der Waals surface area contributed by atoms with Gasteiger partial charge in [0.25, 0.3) is 0 Å². The molecule has 0 spiro atoms. The number of unbranched alkanes of at least 4 members (excludes halogenated alkanes) is 3. The van der Waals surface area contributed by atoms with Gasteiger partial charge in [-0.15, -0.1) is 0 Å². The van der Waals surface area contributed by atoms with Crippen LogP contribution in [0.25, 0.3) is 0 Å². The molecular formula is C14H30O6. The fraction of sp³-hybridized carbons (Fsp3) is 1.00. The quantitative estimate of drug-likeness (QED) is 0.326. The summed E-state index contributed by atoms with van der Waals surface area (Å²) in [6.07, 6.45) is 3.65. The van der Waals surface area contributed by atoms with Crippen LogP contribution in [0.2, 0.25) is 0 Å². The van der Waals surface area contributed by atoms with E-state index in [2.05, 4.69) is 6.92 Å². The molecule has 0 aromatic rings. The summed E-state index contributed by atoms with van der Waals surface area (Å²) in [7, 11) is 0. The van der Waals surface area contributed by atoms with Crippen LogP contribution in [0.1, 0.15) is 32.6 Å². The second kappa shape index (κ2) is 16.8. The zero-order valence-corrected chi connectivity index (χ0v) is 12.6. The molecule has 0 aliphatic heterocycles. The van der Waals surface area contributed by atoms with Crippen molar-refractivity contribution >= 4 is 0 Å². The molecule has 0 bridgehead atoms. The number of ether oxygens (including phenoxy) is 4. The molecule has 0 aromatic heterocycles. The van der Waals surface area contributed by atoms with Crippen molar-refractivity contribution < 1.29 is 29.2 Å². The lowest BCUT2D eigenvalue weighted by molar-refractivity contribution is -0.141. The molecule has 0 aliphatic rings. The normalized spacial score (nSPS) is 12.8. The SMILES string of the molecule is CCCCCCOC(O)COCCOCCOCCO. The molecule has 0 saturated heterocycles. The third-order valence-corrected chi connectivity index (χ3v) is 2.55. The predicted molar refractivity (Wildman–Crippen MR) is 75.6 cm³/mol. The molecule has 0 aliphatic carbocycles. The molecular weight excluding hydrogens is 264 g/mol. The Kier molecular flexibility index (Phi) is 16.6. The molecule has 1 atom stereocenters. The minimum atomic E-state index is -0.857. The molecule has 0 fully saturated rings. The van der Waals surface area contributed by atoms with E-state index in [0.29, 0.717) is 39.6 Å². The summed E-state index contributed by atoms with van der Waals surface area (Å²) in [5.74, 6) is 0. The van der Waals surface area contributed by atoms with Gasteiger partial charge in [0, 0.05) is 6.61 Å². The highest BCUT2D eigenvalue weighted by molar-refractivity contribution is 4.43. The van der Waals surface area contributed by atoms with Crippen LogP contribution in [0.5, 0.6) is 0 Å². The van der Waals surface area contributed by atoms with Crippen molar-refractivity contribution in [2.45, 2.75) is 38.9 Å². The maximum atomic E-state index is 9.47. The van der Waals surface area contributed by atoms with Gasteiger partial charge in [0.1, 0.15) is 0 Å². The van der Waals surface area contributed by atoms with Crippen LogP contribution >= 0.6 is 0 Å². The van der Waals surface area contributed by atoms with E-state index in [4.69, 9.17) is 24.1 Å². The molecule has 0 rings (SSSR count). The first-order valence-electron chi connectivity index (χ1n) is 7.45.